The van der Waals surface area contributed by atoms with Gasteiger partial charge in [-0.2, -0.15) is 0 Å². The lowest BCUT2D eigenvalue weighted by Crippen LogP contribution is -2.34. The van der Waals surface area contributed by atoms with Gasteiger partial charge in [0.1, 0.15) is 0 Å². The second kappa shape index (κ2) is 8.41. The molecule has 2 rings (SSSR count). The largest absolute Gasteiger partial charge is 0.316 e. The SMILES string of the molecule is CCCNCC1CCC(CC)CC1Cc1ccncc1. The number of aromatic nitrogens is 1. The minimum absolute atomic E-state index is 0.848. The normalized spacial score (nSPS) is 26.6. The molecule has 3 atom stereocenters. The molecule has 0 saturated heterocycles. The van der Waals surface area contributed by atoms with Crippen LogP contribution in [0, 0.1) is 17.8 Å². The average Bonchev–Trinajstić information content (AvgIpc) is 2.50. The number of hydrogen-bond acceptors (Lipinski definition) is 2. The first kappa shape index (κ1) is 15.5. The second-order valence-corrected chi connectivity index (χ2v) is 6.37. The van der Waals surface area contributed by atoms with Crippen LogP contribution in [0.25, 0.3) is 0 Å². The summed E-state index contributed by atoms with van der Waals surface area (Å²) in [7, 11) is 0. The van der Waals surface area contributed by atoms with E-state index in [4.69, 9.17) is 0 Å². The first-order chi connectivity index (χ1) is 9.83. The quantitative estimate of drug-likeness (QED) is 0.758. The van der Waals surface area contributed by atoms with Crippen LogP contribution < -0.4 is 5.32 Å². The monoisotopic (exact) mass is 274 g/mol. The van der Waals surface area contributed by atoms with E-state index in [2.05, 4.69) is 36.3 Å². The summed E-state index contributed by atoms with van der Waals surface area (Å²) in [6.45, 7) is 6.97. The highest BCUT2D eigenvalue weighted by atomic mass is 14.9. The van der Waals surface area contributed by atoms with Gasteiger partial charge in [-0.05, 0) is 74.2 Å². The Morgan fingerprint density at radius 3 is 2.65 bits per heavy atom. The van der Waals surface area contributed by atoms with Crippen molar-refractivity contribution >= 4 is 0 Å². The van der Waals surface area contributed by atoms with E-state index in [1.165, 1.54) is 50.6 Å². The first-order valence-corrected chi connectivity index (χ1v) is 8.43. The molecule has 1 aliphatic rings. The predicted octanol–water partition coefficient (Wildman–Crippen LogP) is 4.07. The second-order valence-electron chi connectivity index (χ2n) is 6.37. The molecular weight excluding hydrogens is 244 g/mol. The van der Waals surface area contributed by atoms with E-state index in [1.54, 1.807) is 0 Å². The fraction of sp³-hybridized carbons (Fsp3) is 0.722. The lowest BCUT2D eigenvalue weighted by atomic mass is 9.71. The average molecular weight is 274 g/mol. The Morgan fingerprint density at radius 1 is 1.15 bits per heavy atom. The smallest absolute Gasteiger partial charge is 0.0270 e. The molecule has 1 heterocycles. The highest BCUT2D eigenvalue weighted by Gasteiger charge is 2.29. The van der Waals surface area contributed by atoms with Crippen molar-refractivity contribution in [1.82, 2.24) is 10.3 Å². The third kappa shape index (κ3) is 4.59. The van der Waals surface area contributed by atoms with Crippen LogP contribution in [0.15, 0.2) is 24.5 Å². The van der Waals surface area contributed by atoms with E-state index in [9.17, 15) is 0 Å². The van der Waals surface area contributed by atoms with E-state index in [-0.39, 0.29) is 0 Å². The predicted molar refractivity (Wildman–Crippen MR) is 85.7 cm³/mol. The summed E-state index contributed by atoms with van der Waals surface area (Å²) < 4.78 is 0. The van der Waals surface area contributed by atoms with Gasteiger partial charge in [-0.15, -0.1) is 0 Å². The molecule has 0 aliphatic heterocycles. The van der Waals surface area contributed by atoms with Gasteiger partial charge in [0.05, 0.1) is 0 Å². The Labute approximate surface area is 124 Å². The summed E-state index contributed by atoms with van der Waals surface area (Å²) in [6, 6.07) is 4.37. The Bertz CT molecular complexity index is 361. The van der Waals surface area contributed by atoms with Gasteiger partial charge in [0.15, 0.2) is 0 Å². The standard InChI is InChI=1S/C18H30N2/c1-3-9-20-14-17-6-5-15(4-2)12-18(17)13-16-7-10-19-11-8-16/h7-8,10-11,15,17-18,20H,3-6,9,12-14H2,1-2H3. The Hall–Kier alpha value is -0.890. The van der Waals surface area contributed by atoms with E-state index in [1.807, 2.05) is 12.4 Å². The fourth-order valence-corrected chi connectivity index (χ4v) is 3.60. The highest BCUT2D eigenvalue weighted by Crippen LogP contribution is 2.37. The van der Waals surface area contributed by atoms with E-state index in [0.717, 1.165) is 24.3 Å². The highest BCUT2D eigenvalue weighted by molar-refractivity contribution is 5.11. The van der Waals surface area contributed by atoms with Crippen LogP contribution in [-0.4, -0.2) is 18.1 Å². The Morgan fingerprint density at radius 2 is 1.95 bits per heavy atom. The molecule has 0 radical (unpaired) electrons. The van der Waals surface area contributed by atoms with Gasteiger partial charge < -0.3 is 5.32 Å². The van der Waals surface area contributed by atoms with Crippen LogP contribution in [0.3, 0.4) is 0 Å². The molecular formula is C18H30N2. The van der Waals surface area contributed by atoms with Gasteiger partial charge in [-0.3, -0.25) is 4.98 Å². The summed E-state index contributed by atoms with van der Waals surface area (Å²) in [5.74, 6) is 2.65. The number of pyridine rings is 1. The van der Waals surface area contributed by atoms with Crippen LogP contribution in [0.1, 0.15) is 51.5 Å². The van der Waals surface area contributed by atoms with Gasteiger partial charge >= 0.3 is 0 Å². The van der Waals surface area contributed by atoms with Crippen molar-refractivity contribution < 1.29 is 0 Å². The number of rotatable bonds is 7. The summed E-state index contributed by atoms with van der Waals surface area (Å²) in [5, 5.41) is 3.64. The van der Waals surface area contributed by atoms with Crippen LogP contribution in [0.2, 0.25) is 0 Å². The lowest BCUT2D eigenvalue weighted by Gasteiger charge is -2.36. The maximum atomic E-state index is 4.14. The zero-order valence-electron chi connectivity index (χ0n) is 13.1. The molecule has 20 heavy (non-hydrogen) atoms. The molecule has 1 aromatic rings. The number of nitrogens with one attached hydrogen (secondary N) is 1. The van der Waals surface area contributed by atoms with Crippen molar-refractivity contribution in [2.24, 2.45) is 17.8 Å². The molecule has 0 spiro atoms. The van der Waals surface area contributed by atoms with E-state index in [0.29, 0.717) is 0 Å². The van der Waals surface area contributed by atoms with Crippen LogP contribution >= 0.6 is 0 Å². The molecule has 1 aromatic heterocycles. The number of nitrogens with zero attached hydrogens (tertiary/aromatic N) is 1. The molecule has 3 unspecified atom stereocenters. The molecule has 1 N–H and O–H groups in total. The van der Waals surface area contributed by atoms with Gasteiger partial charge in [-0.1, -0.05) is 26.7 Å². The zero-order valence-corrected chi connectivity index (χ0v) is 13.1. The molecule has 2 heteroatoms. The van der Waals surface area contributed by atoms with Crippen molar-refractivity contribution in [3.63, 3.8) is 0 Å². The molecule has 1 fully saturated rings. The summed E-state index contributed by atoms with van der Waals surface area (Å²) in [4.78, 5) is 4.14. The topological polar surface area (TPSA) is 24.9 Å². The van der Waals surface area contributed by atoms with Gasteiger partial charge in [0, 0.05) is 12.4 Å². The van der Waals surface area contributed by atoms with Crippen molar-refractivity contribution in [3.8, 4) is 0 Å². The third-order valence-corrected chi connectivity index (χ3v) is 4.91. The van der Waals surface area contributed by atoms with Crippen LogP contribution in [0.5, 0.6) is 0 Å². The van der Waals surface area contributed by atoms with E-state index >= 15 is 0 Å². The zero-order chi connectivity index (χ0) is 14.2. The van der Waals surface area contributed by atoms with Crippen molar-refractivity contribution in [2.45, 2.75) is 52.4 Å². The van der Waals surface area contributed by atoms with Crippen molar-refractivity contribution in [2.75, 3.05) is 13.1 Å². The minimum atomic E-state index is 0.848. The summed E-state index contributed by atoms with van der Waals surface area (Å²) in [5.41, 5.74) is 1.46. The van der Waals surface area contributed by atoms with Gasteiger partial charge in [-0.25, -0.2) is 0 Å². The molecule has 2 nitrogen and oxygen atoms in total. The molecule has 1 aliphatic carbocycles. The fourth-order valence-electron chi connectivity index (χ4n) is 3.60. The van der Waals surface area contributed by atoms with Gasteiger partial charge in [0.2, 0.25) is 0 Å². The summed E-state index contributed by atoms with van der Waals surface area (Å²) in [6.07, 6.45) is 11.9. The lowest BCUT2D eigenvalue weighted by molar-refractivity contribution is 0.171. The van der Waals surface area contributed by atoms with E-state index < -0.39 is 0 Å². The minimum Gasteiger partial charge on any atom is -0.316 e. The maximum Gasteiger partial charge on any atom is 0.0270 e. The Kier molecular flexibility index (Phi) is 6.52. The van der Waals surface area contributed by atoms with Crippen molar-refractivity contribution in [1.29, 1.82) is 0 Å². The van der Waals surface area contributed by atoms with Crippen molar-refractivity contribution in [3.05, 3.63) is 30.1 Å². The van der Waals surface area contributed by atoms with Crippen LogP contribution in [0.4, 0.5) is 0 Å². The molecule has 0 amide bonds. The Balaban J connectivity index is 1.94. The third-order valence-electron chi connectivity index (χ3n) is 4.91. The van der Waals surface area contributed by atoms with Gasteiger partial charge in [0.25, 0.3) is 0 Å². The molecule has 0 bridgehead atoms. The molecule has 0 aromatic carbocycles. The molecule has 112 valence electrons. The maximum absolute atomic E-state index is 4.14. The number of hydrogen-bond donors (Lipinski definition) is 1. The van der Waals surface area contributed by atoms with Crippen LogP contribution in [-0.2, 0) is 6.42 Å². The summed E-state index contributed by atoms with van der Waals surface area (Å²) >= 11 is 0. The first-order valence-electron chi connectivity index (χ1n) is 8.43. The molecule has 1 saturated carbocycles.